The molecule has 7 heteroatoms. The third-order valence-corrected chi connectivity index (χ3v) is 2.81. The van der Waals surface area contributed by atoms with Crippen LogP contribution in [0.2, 0.25) is 0 Å². The van der Waals surface area contributed by atoms with Crippen LogP contribution in [-0.2, 0) is 16.0 Å². The van der Waals surface area contributed by atoms with Gasteiger partial charge in [0, 0.05) is 26.2 Å². The molecule has 1 rings (SSSR count). The van der Waals surface area contributed by atoms with Crippen molar-refractivity contribution in [2.75, 3.05) is 26.0 Å². The standard InChI is InChI=1S/C14H19N3O4/c1-15-12(18)9-17(2)14(21)16-11-5-3-4-10(8-11)6-7-13(19)20/h3-5,8H,6-7,9H2,1-2H3,(H,15,18)(H,16,21)(H,19,20). The van der Waals surface area contributed by atoms with Gasteiger partial charge in [-0.15, -0.1) is 0 Å². The number of nitrogens with one attached hydrogen (secondary N) is 2. The van der Waals surface area contributed by atoms with Gasteiger partial charge >= 0.3 is 12.0 Å². The molecule has 0 spiro atoms. The lowest BCUT2D eigenvalue weighted by atomic mass is 10.1. The van der Waals surface area contributed by atoms with Crippen molar-refractivity contribution in [1.29, 1.82) is 0 Å². The van der Waals surface area contributed by atoms with E-state index < -0.39 is 12.0 Å². The highest BCUT2D eigenvalue weighted by Crippen LogP contribution is 2.12. The van der Waals surface area contributed by atoms with Gasteiger partial charge in [-0.05, 0) is 24.1 Å². The molecule has 0 fully saturated rings. The number of amides is 3. The average molecular weight is 293 g/mol. The van der Waals surface area contributed by atoms with Gasteiger partial charge in [-0.25, -0.2) is 4.79 Å². The summed E-state index contributed by atoms with van der Waals surface area (Å²) in [6, 6.07) is 6.55. The number of nitrogens with zero attached hydrogens (tertiary/aromatic N) is 1. The maximum Gasteiger partial charge on any atom is 0.322 e. The summed E-state index contributed by atoms with van der Waals surface area (Å²) in [4.78, 5) is 34.9. The van der Waals surface area contributed by atoms with Gasteiger partial charge in [0.1, 0.15) is 6.54 Å². The highest BCUT2D eigenvalue weighted by atomic mass is 16.4. The van der Waals surface area contributed by atoms with Crippen molar-refractivity contribution < 1.29 is 19.5 Å². The van der Waals surface area contributed by atoms with Crippen molar-refractivity contribution in [3.8, 4) is 0 Å². The predicted molar refractivity (Wildman–Crippen MR) is 78.1 cm³/mol. The van der Waals surface area contributed by atoms with Crippen LogP contribution in [0.15, 0.2) is 24.3 Å². The minimum atomic E-state index is -0.866. The Bertz CT molecular complexity index is 531. The molecule has 1 aromatic carbocycles. The molecule has 1 aromatic rings. The summed E-state index contributed by atoms with van der Waals surface area (Å²) < 4.78 is 0. The number of anilines is 1. The van der Waals surface area contributed by atoms with E-state index >= 15 is 0 Å². The maximum atomic E-state index is 11.9. The van der Waals surface area contributed by atoms with Gasteiger partial charge in [-0.3, -0.25) is 9.59 Å². The summed E-state index contributed by atoms with van der Waals surface area (Å²) >= 11 is 0. The summed E-state index contributed by atoms with van der Waals surface area (Å²) in [7, 11) is 3.01. The number of aliphatic carboxylic acids is 1. The third kappa shape index (κ3) is 5.94. The number of urea groups is 1. The lowest BCUT2D eigenvalue weighted by Crippen LogP contribution is -2.39. The van der Waals surface area contributed by atoms with Crippen molar-refractivity contribution in [3.05, 3.63) is 29.8 Å². The Kier molecular flexibility index (Phi) is 6.19. The SMILES string of the molecule is CNC(=O)CN(C)C(=O)Nc1cccc(CCC(=O)O)c1. The van der Waals surface area contributed by atoms with E-state index in [9.17, 15) is 14.4 Å². The third-order valence-electron chi connectivity index (χ3n) is 2.81. The molecule has 0 saturated heterocycles. The first-order chi connectivity index (χ1) is 9.92. The zero-order valence-corrected chi connectivity index (χ0v) is 12.0. The largest absolute Gasteiger partial charge is 0.481 e. The van der Waals surface area contributed by atoms with E-state index in [0.717, 1.165) is 5.56 Å². The fourth-order valence-electron chi connectivity index (χ4n) is 1.64. The first-order valence-electron chi connectivity index (χ1n) is 6.46. The molecule has 0 aliphatic rings. The van der Waals surface area contributed by atoms with Crippen LogP contribution in [0.4, 0.5) is 10.5 Å². The van der Waals surface area contributed by atoms with Crippen molar-refractivity contribution in [3.63, 3.8) is 0 Å². The zero-order valence-electron chi connectivity index (χ0n) is 12.0. The van der Waals surface area contributed by atoms with E-state index in [2.05, 4.69) is 10.6 Å². The number of carboxylic acid groups (broad SMARTS) is 1. The number of carbonyl (C=O) groups excluding carboxylic acids is 2. The summed E-state index contributed by atoms with van der Waals surface area (Å²) in [6.45, 7) is -0.0406. The van der Waals surface area contributed by atoms with Crippen molar-refractivity contribution in [1.82, 2.24) is 10.2 Å². The van der Waals surface area contributed by atoms with Crippen LogP contribution >= 0.6 is 0 Å². The predicted octanol–water partition coefficient (Wildman–Crippen LogP) is 0.913. The van der Waals surface area contributed by atoms with Crippen molar-refractivity contribution >= 4 is 23.6 Å². The molecular weight excluding hydrogens is 274 g/mol. The number of hydrogen-bond acceptors (Lipinski definition) is 3. The Labute approximate surface area is 122 Å². The van der Waals surface area contributed by atoms with Gasteiger partial charge in [-0.1, -0.05) is 12.1 Å². The Morgan fingerprint density at radius 2 is 2.00 bits per heavy atom. The first kappa shape index (κ1) is 16.5. The quantitative estimate of drug-likeness (QED) is 0.726. The number of carbonyl (C=O) groups is 3. The normalized spacial score (nSPS) is 9.81. The molecule has 0 saturated carbocycles. The van der Waals surface area contributed by atoms with Gasteiger partial charge in [0.15, 0.2) is 0 Å². The molecule has 0 aromatic heterocycles. The molecule has 114 valence electrons. The molecule has 21 heavy (non-hydrogen) atoms. The molecule has 3 N–H and O–H groups in total. The summed E-state index contributed by atoms with van der Waals surface area (Å²) in [5.41, 5.74) is 1.38. The van der Waals surface area contributed by atoms with Crippen molar-refractivity contribution in [2.24, 2.45) is 0 Å². The molecule has 0 unspecified atom stereocenters. The number of likely N-dealkylation sites (N-methyl/N-ethyl adjacent to an activating group) is 2. The Morgan fingerprint density at radius 1 is 1.29 bits per heavy atom. The molecule has 0 aliphatic carbocycles. The first-order valence-corrected chi connectivity index (χ1v) is 6.46. The fourth-order valence-corrected chi connectivity index (χ4v) is 1.64. The Balaban J connectivity index is 2.61. The van der Waals surface area contributed by atoms with Gasteiger partial charge in [0.05, 0.1) is 0 Å². The second-order valence-electron chi connectivity index (χ2n) is 4.55. The van der Waals surface area contributed by atoms with Crippen LogP contribution in [0.1, 0.15) is 12.0 Å². The second-order valence-corrected chi connectivity index (χ2v) is 4.55. The van der Waals surface area contributed by atoms with Gasteiger partial charge in [-0.2, -0.15) is 0 Å². The van der Waals surface area contributed by atoms with Crippen LogP contribution in [0.5, 0.6) is 0 Å². The van der Waals surface area contributed by atoms with Crippen LogP contribution in [0.3, 0.4) is 0 Å². The monoisotopic (exact) mass is 293 g/mol. The molecule has 0 radical (unpaired) electrons. The van der Waals surface area contributed by atoms with E-state index in [0.29, 0.717) is 12.1 Å². The lowest BCUT2D eigenvalue weighted by Gasteiger charge is -2.17. The number of hydrogen-bond donors (Lipinski definition) is 3. The molecule has 0 atom stereocenters. The highest BCUT2D eigenvalue weighted by molar-refractivity contribution is 5.92. The van der Waals surface area contributed by atoms with Crippen LogP contribution in [-0.4, -0.2) is 48.6 Å². The molecule has 7 nitrogen and oxygen atoms in total. The van der Waals surface area contributed by atoms with E-state index in [4.69, 9.17) is 5.11 Å². The maximum absolute atomic E-state index is 11.9. The van der Waals surface area contributed by atoms with Gasteiger partial charge in [0.25, 0.3) is 0 Å². The molecule has 3 amide bonds. The fraction of sp³-hybridized carbons (Fsp3) is 0.357. The van der Waals surface area contributed by atoms with E-state index in [1.807, 2.05) is 0 Å². The number of carboxylic acids is 1. The lowest BCUT2D eigenvalue weighted by molar-refractivity contribution is -0.137. The molecule has 0 aliphatic heterocycles. The van der Waals surface area contributed by atoms with E-state index in [-0.39, 0.29) is 18.9 Å². The Hall–Kier alpha value is -2.57. The van der Waals surface area contributed by atoms with Crippen molar-refractivity contribution in [2.45, 2.75) is 12.8 Å². The molecule has 0 heterocycles. The molecule has 0 bridgehead atoms. The zero-order chi connectivity index (χ0) is 15.8. The minimum absolute atomic E-state index is 0.0357. The second kappa shape index (κ2) is 7.88. The van der Waals surface area contributed by atoms with E-state index in [1.165, 1.54) is 19.0 Å². The summed E-state index contributed by atoms with van der Waals surface area (Å²) in [5, 5.41) is 13.7. The number of rotatable bonds is 6. The topological polar surface area (TPSA) is 98.7 Å². The van der Waals surface area contributed by atoms with Crippen LogP contribution in [0, 0.1) is 0 Å². The van der Waals surface area contributed by atoms with Gasteiger partial charge < -0.3 is 20.6 Å². The van der Waals surface area contributed by atoms with Gasteiger partial charge in [0.2, 0.25) is 5.91 Å². The van der Waals surface area contributed by atoms with Crippen LogP contribution in [0.25, 0.3) is 0 Å². The smallest absolute Gasteiger partial charge is 0.322 e. The Morgan fingerprint density at radius 3 is 2.62 bits per heavy atom. The highest BCUT2D eigenvalue weighted by Gasteiger charge is 2.12. The minimum Gasteiger partial charge on any atom is -0.481 e. The summed E-state index contributed by atoms with van der Waals surface area (Å²) in [5.74, 6) is -1.13. The number of aryl methyl sites for hydroxylation is 1. The summed E-state index contributed by atoms with van der Waals surface area (Å²) in [6.07, 6.45) is 0.432. The average Bonchev–Trinajstić information content (AvgIpc) is 2.45. The van der Waals surface area contributed by atoms with E-state index in [1.54, 1.807) is 24.3 Å². The molecular formula is C14H19N3O4. The van der Waals surface area contributed by atoms with Crippen LogP contribution < -0.4 is 10.6 Å². The number of benzene rings is 1.